The third kappa shape index (κ3) is 4.18. The Hall–Kier alpha value is -2.71. The summed E-state index contributed by atoms with van der Waals surface area (Å²) in [6.45, 7) is 1.54. The predicted molar refractivity (Wildman–Crippen MR) is 102 cm³/mol. The Morgan fingerprint density at radius 1 is 0.958 bits per heavy atom. The number of hydrogen-bond acceptors (Lipinski definition) is 2. The third-order valence-electron chi connectivity index (χ3n) is 3.54. The van der Waals surface area contributed by atoms with Crippen LogP contribution in [0.4, 0.5) is 0 Å². The van der Waals surface area contributed by atoms with Crippen molar-refractivity contribution in [2.24, 2.45) is 0 Å². The van der Waals surface area contributed by atoms with Crippen LogP contribution < -0.4 is 0 Å². The van der Waals surface area contributed by atoms with Gasteiger partial charge in [0, 0.05) is 10.4 Å². The molecule has 0 bridgehead atoms. The summed E-state index contributed by atoms with van der Waals surface area (Å²) in [5.41, 5.74) is 3.79. The molecule has 24 heavy (non-hydrogen) atoms. The second-order valence-corrected chi connectivity index (χ2v) is 5.96. The smallest absolute Gasteiger partial charge is 0.152 e. The predicted octanol–water partition coefficient (Wildman–Crippen LogP) is 5.66. The van der Waals surface area contributed by atoms with Crippen molar-refractivity contribution in [2.45, 2.75) is 6.92 Å². The van der Waals surface area contributed by atoms with Crippen molar-refractivity contribution in [3.63, 3.8) is 0 Å². The highest BCUT2D eigenvalue weighted by molar-refractivity contribution is 6.31. The van der Waals surface area contributed by atoms with E-state index in [-0.39, 0.29) is 5.78 Å². The number of hydrogen-bond donors (Lipinski definition) is 0. The summed E-state index contributed by atoms with van der Waals surface area (Å²) in [6, 6.07) is 17.7. The zero-order chi connectivity index (χ0) is 16.9. The number of benzene rings is 2. The van der Waals surface area contributed by atoms with Crippen LogP contribution >= 0.6 is 11.6 Å². The van der Waals surface area contributed by atoms with E-state index in [1.807, 2.05) is 72.8 Å². The monoisotopic (exact) mass is 333 g/mol. The summed E-state index contributed by atoms with van der Waals surface area (Å²) in [6.07, 6.45) is 7.35. The van der Waals surface area contributed by atoms with Crippen LogP contribution in [0.15, 0.2) is 60.7 Å². The molecule has 0 saturated carbocycles. The van der Waals surface area contributed by atoms with Gasteiger partial charge >= 0.3 is 0 Å². The van der Waals surface area contributed by atoms with Crippen LogP contribution in [0.25, 0.3) is 29.1 Å². The molecule has 0 fully saturated rings. The quantitative estimate of drug-likeness (QED) is 0.576. The lowest BCUT2D eigenvalue weighted by atomic mass is 10.1. The Balaban J connectivity index is 1.85. The Kier molecular flexibility index (Phi) is 4.88. The molecule has 0 aliphatic heterocycles. The van der Waals surface area contributed by atoms with Crippen LogP contribution in [0.1, 0.15) is 23.7 Å². The summed E-state index contributed by atoms with van der Waals surface area (Å²) < 4.78 is 0. The molecule has 0 spiro atoms. The average molecular weight is 334 g/mol. The number of rotatable bonds is 4. The van der Waals surface area contributed by atoms with Gasteiger partial charge in [-0.15, -0.1) is 0 Å². The highest BCUT2D eigenvalue weighted by Gasteiger charge is 1.98. The summed E-state index contributed by atoms with van der Waals surface area (Å²) in [4.78, 5) is 15.6. The average Bonchev–Trinajstić information content (AvgIpc) is 2.58. The van der Waals surface area contributed by atoms with Gasteiger partial charge in [0.15, 0.2) is 5.78 Å². The van der Waals surface area contributed by atoms with Gasteiger partial charge in [0.1, 0.15) is 0 Å². The number of allylic oxidation sites excluding steroid dienone is 1. The van der Waals surface area contributed by atoms with Crippen LogP contribution in [0.3, 0.4) is 0 Å². The molecule has 3 rings (SSSR count). The normalized spacial score (nSPS) is 11.6. The minimum Gasteiger partial charge on any atom is -0.295 e. The molecule has 1 aromatic heterocycles. The number of pyridine rings is 1. The Morgan fingerprint density at radius 3 is 2.50 bits per heavy atom. The van der Waals surface area contributed by atoms with E-state index in [9.17, 15) is 4.79 Å². The number of aromatic nitrogens is 1. The Labute approximate surface area is 146 Å². The fourth-order valence-electron chi connectivity index (χ4n) is 2.36. The Bertz CT molecular complexity index is 957. The van der Waals surface area contributed by atoms with Gasteiger partial charge in [0.05, 0.1) is 11.2 Å². The first-order valence-electron chi connectivity index (χ1n) is 7.63. The van der Waals surface area contributed by atoms with Crippen molar-refractivity contribution in [3.8, 4) is 0 Å². The highest BCUT2D eigenvalue weighted by atomic mass is 35.5. The maximum Gasteiger partial charge on any atom is 0.152 e. The van der Waals surface area contributed by atoms with Crippen molar-refractivity contribution >= 4 is 46.5 Å². The summed E-state index contributed by atoms with van der Waals surface area (Å²) in [7, 11) is 0. The van der Waals surface area contributed by atoms with E-state index < -0.39 is 0 Å². The fraction of sp³-hybridized carbons (Fsp3) is 0.0476. The molecule has 118 valence electrons. The molecule has 1 heterocycles. The molecular formula is C21H16ClNO. The molecule has 0 aliphatic carbocycles. The second-order valence-electron chi connectivity index (χ2n) is 5.52. The van der Waals surface area contributed by atoms with E-state index >= 15 is 0 Å². The van der Waals surface area contributed by atoms with Gasteiger partial charge in [-0.25, -0.2) is 4.98 Å². The van der Waals surface area contributed by atoms with Crippen LogP contribution in [-0.2, 0) is 4.79 Å². The first-order valence-corrected chi connectivity index (χ1v) is 8.01. The maximum absolute atomic E-state index is 11.0. The molecule has 0 atom stereocenters. The van der Waals surface area contributed by atoms with Crippen LogP contribution in [0, 0.1) is 0 Å². The highest BCUT2D eigenvalue weighted by Crippen LogP contribution is 2.19. The molecule has 0 aliphatic rings. The van der Waals surface area contributed by atoms with E-state index in [0.29, 0.717) is 5.02 Å². The van der Waals surface area contributed by atoms with Gasteiger partial charge in [-0.05, 0) is 54.5 Å². The zero-order valence-corrected chi connectivity index (χ0v) is 14.0. The number of carbonyl (C=O) groups is 1. The molecule has 0 amide bonds. The van der Waals surface area contributed by atoms with Gasteiger partial charge < -0.3 is 0 Å². The number of nitrogens with zero attached hydrogens (tertiary/aromatic N) is 1. The van der Waals surface area contributed by atoms with Crippen molar-refractivity contribution in [1.82, 2.24) is 4.98 Å². The van der Waals surface area contributed by atoms with Gasteiger partial charge in [-0.1, -0.05) is 54.1 Å². The lowest BCUT2D eigenvalue weighted by Crippen LogP contribution is -1.83. The summed E-state index contributed by atoms with van der Waals surface area (Å²) in [5.74, 6) is 0.0370. The number of carbonyl (C=O) groups excluding carboxylic acids is 1. The largest absolute Gasteiger partial charge is 0.295 e. The molecule has 0 saturated heterocycles. The van der Waals surface area contributed by atoms with Crippen LogP contribution in [0.2, 0.25) is 5.02 Å². The number of ketones is 1. The SMILES string of the molecule is CC(=O)/C=C/c1cccc(/C=C/c2ccc3ccc(Cl)cc3n2)c1. The zero-order valence-electron chi connectivity index (χ0n) is 13.2. The molecule has 2 aromatic carbocycles. The second kappa shape index (κ2) is 7.24. The maximum atomic E-state index is 11.0. The molecule has 2 nitrogen and oxygen atoms in total. The topological polar surface area (TPSA) is 30.0 Å². The number of halogens is 1. The van der Waals surface area contributed by atoms with E-state index in [4.69, 9.17) is 11.6 Å². The number of fused-ring (bicyclic) bond motifs is 1. The van der Waals surface area contributed by atoms with E-state index in [1.54, 1.807) is 6.08 Å². The van der Waals surface area contributed by atoms with E-state index in [1.165, 1.54) is 6.92 Å². The summed E-state index contributed by atoms with van der Waals surface area (Å²) in [5, 5.41) is 1.74. The first kappa shape index (κ1) is 16.2. The molecular weight excluding hydrogens is 318 g/mol. The van der Waals surface area contributed by atoms with Crippen LogP contribution in [-0.4, -0.2) is 10.8 Å². The minimum atomic E-state index is 0.0370. The van der Waals surface area contributed by atoms with E-state index in [2.05, 4.69) is 4.98 Å². The van der Waals surface area contributed by atoms with Crippen molar-refractivity contribution in [1.29, 1.82) is 0 Å². The molecule has 3 aromatic rings. The van der Waals surface area contributed by atoms with Gasteiger partial charge in [-0.3, -0.25) is 4.79 Å². The van der Waals surface area contributed by atoms with Crippen molar-refractivity contribution < 1.29 is 4.79 Å². The van der Waals surface area contributed by atoms with Crippen molar-refractivity contribution in [3.05, 3.63) is 82.5 Å². The van der Waals surface area contributed by atoms with Gasteiger partial charge in [0.2, 0.25) is 0 Å². The third-order valence-corrected chi connectivity index (χ3v) is 3.78. The molecule has 3 heteroatoms. The van der Waals surface area contributed by atoms with Crippen LogP contribution in [0.5, 0.6) is 0 Å². The Morgan fingerprint density at radius 2 is 1.71 bits per heavy atom. The summed E-state index contributed by atoms with van der Waals surface area (Å²) >= 11 is 6.02. The van der Waals surface area contributed by atoms with E-state index in [0.717, 1.165) is 27.7 Å². The molecule has 0 unspecified atom stereocenters. The molecule has 0 radical (unpaired) electrons. The van der Waals surface area contributed by atoms with Crippen molar-refractivity contribution in [2.75, 3.05) is 0 Å². The minimum absolute atomic E-state index is 0.0370. The standard InChI is InChI=1S/C21H16ClNO/c1-15(24)5-6-16-3-2-4-17(13-16)7-11-20-12-9-18-8-10-19(22)14-21(18)23-20/h2-14H,1H3/b6-5+,11-7+. The fourth-order valence-corrected chi connectivity index (χ4v) is 2.53. The van der Waals surface area contributed by atoms with Gasteiger partial charge in [-0.2, -0.15) is 0 Å². The lowest BCUT2D eigenvalue weighted by Gasteiger charge is -2.00. The molecule has 0 N–H and O–H groups in total. The lowest BCUT2D eigenvalue weighted by molar-refractivity contribution is -0.112. The van der Waals surface area contributed by atoms with Gasteiger partial charge in [0.25, 0.3) is 0 Å². The first-order chi connectivity index (χ1) is 11.6.